The Kier molecular flexibility index (Phi) is 4.03. The minimum Gasteiger partial charge on any atom is -1.00 e. The maximum atomic E-state index is 2.34. The molecule has 2 aromatic carbocycles. The summed E-state index contributed by atoms with van der Waals surface area (Å²) >= 11 is 0. The maximum Gasteiger partial charge on any atom is 0.292 e. The molecule has 0 aliphatic rings. The summed E-state index contributed by atoms with van der Waals surface area (Å²) in [5, 5.41) is 2.51. The summed E-state index contributed by atoms with van der Waals surface area (Å²) in [4.78, 5) is 2.14. The van der Waals surface area contributed by atoms with Gasteiger partial charge in [-0.1, -0.05) is 12.1 Å². The molecule has 3 nitrogen and oxygen atoms in total. The number of anilines is 1. The van der Waals surface area contributed by atoms with Gasteiger partial charge in [0.1, 0.15) is 17.2 Å². The molecule has 0 atom stereocenters. The number of halogens is 1. The van der Waals surface area contributed by atoms with Crippen molar-refractivity contribution in [2.75, 3.05) is 19.0 Å². The maximum absolute atomic E-state index is 2.34. The molecule has 0 radical (unpaired) electrons. The predicted octanol–water partition coefficient (Wildman–Crippen LogP) is 1.36. The number of benzene rings is 2. The fourth-order valence-electron chi connectivity index (χ4n) is 3.72. The average Bonchev–Trinajstić information content (AvgIpc) is 3.00. The number of aromatic nitrogens is 2. The van der Waals surface area contributed by atoms with E-state index in [0.717, 1.165) is 0 Å². The number of fused-ring (bicyclic) bond motifs is 7. The molecule has 0 saturated carbocycles. The van der Waals surface area contributed by atoms with Crippen LogP contribution in [0.25, 0.3) is 33.0 Å². The molecule has 0 saturated heterocycles. The van der Waals surface area contributed by atoms with Crippen LogP contribution >= 0.6 is 0 Å². The van der Waals surface area contributed by atoms with Gasteiger partial charge in [0.2, 0.25) is 0 Å². The fourth-order valence-corrected chi connectivity index (χ4v) is 3.72. The van der Waals surface area contributed by atoms with Crippen molar-refractivity contribution in [3.8, 4) is 0 Å². The van der Waals surface area contributed by atoms with Crippen molar-refractivity contribution in [3.63, 3.8) is 0 Å². The first-order valence-electron chi connectivity index (χ1n) is 8.58. The molecule has 0 bridgehead atoms. The smallest absolute Gasteiger partial charge is 0.292 e. The van der Waals surface area contributed by atoms with Crippen molar-refractivity contribution in [1.29, 1.82) is 0 Å². The Bertz CT molecular complexity index is 1280. The molecule has 3 heterocycles. The summed E-state index contributed by atoms with van der Waals surface area (Å²) in [5.41, 5.74) is 7.38. The molecule has 0 unspecified atom stereocenters. The molecular weight excluding hydrogens is 433 g/mol. The minimum atomic E-state index is 0. The first kappa shape index (κ1) is 17.1. The lowest BCUT2D eigenvalue weighted by Crippen LogP contribution is -3.00. The van der Waals surface area contributed by atoms with E-state index in [9.17, 15) is 0 Å². The highest BCUT2D eigenvalue weighted by Crippen LogP contribution is 2.24. The van der Waals surface area contributed by atoms with Crippen molar-refractivity contribution in [1.82, 2.24) is 4.40 Å². The Hall–Kier alpha value is -2.34. The number of nitrogens with zero attached hydrogens (tertiary/aromatic N) is 3. The van der Waals surface area contributed by atoms with E-state index in [1.165, 1.54) is 44.2 Å². The highest BCUT2D eigenvalue weighted by Gasteiger charge is 2.17. The Labute approximate surface area is 169 Å². The van der Waals surface area contributed by atoms with Crippen LogP contribution in [0.5, 0.6) is 0 Å². The second-order valence-electron chi connectivity index (χ2n) is 6.98. The zero-order chi connectivity index (χ0) is 17.1. The van der Waals surface area contributed by atoms with Gasteiger partial charge >= 0.3 is 0 Å². The first-order valence-corrected chi connectivity index (χ1v) is 8.58. The standard InChI is InChI=1S/C22H20N3.HI/c1-15-4-5-16-7-11-22-24(21(16)12-15)14-19-8-6-17-13-18(23(2)3)9-10-20(17)25(19)22;/h4-14H,1-3H3;1H/q+1;/p-1. The lowest BCUT2D eigenvalue weighted by atomic mass is 10.1. The van der Waals surface area contributed by atoms with Gasteiger partial charge in [-0.05, 0) is 55.0 Å². The van der Waals surface area contributed by atoms with Gasteiger partial charge in [0, 0.05) is 36.6 Å². The molecule has 3 aromatic heterocycles. The van der Waals surface area contributed by atoms with E-state index in [1.807, 2.05) is 0 Å². The topological polar surface area (TPSA) is 11.8 Å². The monoisotopic (exact) mass is 453 g/mol. The number of aryl methyl sites for hydroxylation is 1. The van der Waals surface area contributed by atoms with Gasteiger partial charge < -0.3 is 28.9 Å². The summed E-state index contributed by atoms with van der Waals surface area (Å²) in [6, 6.07) is 22.1. The van der Waals surface area contributed by atoms with E-state index in [4.69, 9.17) is 0 Å². The van der Waals surface area contributed by atoms with Crippen molar-refractivity contribution < 1.29 is 28.4 Å². The van der Waals surface area contributed by atoms with E-state index in [0.29, 0.717) is 0 Å². The Morgan fingerprint density at radius 3 is 2.42 bits per heavy atom. The Morgan fingerprint density at radius 1 is 0.846 bits per heavy atom. The lowest BCUT2D eigenvalue weighted by molar-refractivity contribution is -0.479. The van der Waals surface area contributed by atoms with Crippen LogP contribution in [0.4, 0.5) is 5.69 Å². The van der Waals surface area contributed by atoms with Crippen LogP contribution in [-0.2, 0) is 0 Å². The minimum absolute atomic E-state index is 0. The first-order chi connectivity index (χ1) is 12.1. The van der Waals surface area contributed by atoms with Crippen molar-refractivity contribution in [2.24, 2.45) is 0 Å². The molecule has 0 aliphatic carbocycles. The molecule has 0 aliphatic heterocycles. The highest BCUT2D eigenvalue weighted by atomic mass is 127. The van der Waals surface area contributed by atoms with Gasteiger partial charge in [0.05, 0.1) is 0 Å². The summed E-state index contributed by atoms with van der Waals surface area (Å²) in [7, 11) is 4.16. The third-order valence-corrected chi connectivity index (χ3v) is 5.05. The Morgan fingerprint density at radius 2 is 1.62 bits per heavy atom. The second kappa shape index (κ2) is 6.13. The van der Waals surface area contributed by atoms with E-state index in [-0.39, 0.29) is 24.0 Å². The van der Waals surface area contributed by atoms with Crippen LogP contribution < -0.4 is 33.3 Å². The molecule has 0 amide bonds. The van der Waals surface area contributed by atoms with Crippen molar-refractivity contribution >= 4 is 38.7 Å². The van der Waals surface area contributed by atoms with Crippen LogP contribution in [0.15, 0.2) is 66.9 Å². The molecule has 130 valence electrons. The highest BCUT2D eigenvalue weighted by molar-refractivity contribution is 5.88. The van der Waals surface area contributed by atoms with Crippen LogP contribution in [0.2, 0.25) is 0 Å². The van der Waals surface area contributed by atoms with E-state index in [1.54, 1.807) is 0 Å². The molecular formula is C22H20IN3. The summed E-state index contributed by atoms with van der Waals surface area (Å²) in [6.45, 7) is 2.15. The molecule has 4 heteroatoms. The summed E-state index contributed by atoms with van der Waals surface area (Å²) < 4.78 is 4.65. The molecule has 0 fully saturated rings. The average molecular weight is 453 g/mol. The van der Waals surface area contributed by atoms with Crippen LogP contribution in [-0.4, -0.2) is 18.5 Å². The summed E-state index contributed by atoms with van der Waals surface area (Å²) in [5.74, 6) is 0. The normalized spacial score (nSPS) is 11.3. The molecule has 26 heavy (non-hydrogen) atoms. The third-order valence-electron chi connectivity index (χ3n) is 5.05. The molecule has 0 spiro atoms. The third kappa shape index (κ3) is 2.43. The van der Waals surface area contributed by atoms with Crippen molar-refractivity contribution in [2.45, 2.75) is 6.92 Å². The number of imidazole rings is 1. The van der Waals surface area contributed by atoms with E-state index in [2.05, 4.69) is 102 Å². The van der Waals surface area contributed by atoms with Gasteiger partial charge in [-0.15, -0.1) is 0 Å². The van der Waals surface area contributed by atoms with E-state index < -0.39 is 0 Å². The molecule has 0 N–H and O–H groups in total. The van der Waals surface area contributed by atoms with Gasteiger partial charge in [0.15, 0.2) is 5.52 Å². The van der Waals surface area contributed by atoms with Gasteiger partial charge in [0.25, 0.3) is 5.65 Å². The second-order valence-corrected chi connectivity index (χ2v) is 6.98. The Balaban J connectivity index is 0.00000168. The largest absolute Gasteiger partial charge is 1.00 e. The van der Waals surface area contributed by atoms with Gasteiger partial charge in [-0.2, -0.15) is 8.80 Å². The summed E-state index contributed by atoms with van der Waals surface area (Å²) in [6.07, 6.45) is 2.23. The molecule has 5 rings (SSSR count). The molecule has 5 aromatic rings. The zero-order valence-corrected chi connectivity index (χ0v) is 17.2. The lowest BCUT2D eigenvalue weighted by Gasteiger charge is -2.12. The fraction of sp³-hybridized carbons (Fsp3) is 0.136. The zero-order valence-electron chi connectivity index (χ0n) is 15.1. The number of rotatable bonds is 1. The van der Waals surface area contributed by atoms with Crippen molar-refractivity contribution in [3.05, 3.63) is 72.4 Å². The number of hydrogen-bond donors (Lipinski definition) is 0. The van der Waals surface area contributed by atoms with Gasteiger partial charge in [-0.25, -0.2) is 0 Å². The quantitative estimate of drug-likeness (QED) is 0.276. The number of hydrogen-bond acceptors (Lipinski definition) is 1. The van der Waals surface area contributed by atoms with Crippen LogP contribution in [0.1, 0.15) is 5.56 Å². The van der Waals surface area contributed by atoms with E-state index >= 15 is 0 Å². The predicted molar refractivity (Wildman–Crippen MR) is 105 cm³/mol. The van der Waals surface area contributed by atoms with Gasteiger partial charge in [-0.3, -0.25) is 0 Å². The number of pyridine rings is 2. The van der Waals surface area contributed by atoms with Crippen LogP contribution in [0, 0.1) is 6.92 Å². The van der Waals surface area contributed by atoms with Crippen LogP contribution in [0.3, 0.4) is 0 Å². The SMILES string of the molecule is Cc1ccc2ccc3n4c(ccc5cc(N(C)C)ccc54)c[n+]3c2c1.[I-].